The summed E-state index contributed by atoms with van der Waals surface area (Å²) in [6.07, 6.45) is 3.12. The Morgan fingerprint density at radius 3 is 2.45 bits per heavy atom. The summed E-state index contributed by atoms with van der Waals surface area (Å²) in [5, 5.41) is 14.0. The summed E-state index contributed by atoms with van der Waals surface area (Å²) >= 11 is 0. The number of benzene rings is 2. The van der Waals surface area contributed by atoms with Gasteiger partial charge in [0, 0.05) is 43.9 Å². The van der Waals surface area contributed by atoms with Crippen LogP contribution in [-0.2, 0) is 17.8 Å². The summed E-state index contributed by atoms with van der Waals surface area (Å²) in [6.45, 7) is 7.58. The molecule has 1 heterocycles. The standard InChI is InChI=1S/C23H26F2N4O2/c1-2-3-18-12-21(25)13-19(23(18)31)14-26-27-22(30)16-29-10-8-28(9-11-29)15-17-4-6-20(24)7-5-17/h2,4-7,12-14,31H,1,3,8-11,15-16H2,(H,27,30)/b26-14+. The van der Waals surface area contributed by atoms with Crippen LogP contribution in [0.3, 0.4) is 0 Å². The van der Waals surface area contributed by atoms with Crippen LogP contribution in [0.15, 0.2) is 54.2 Å². The smallest absolute Gasteiger partial charge is 0.254 e. The number of nitrogens with zero attached hydrogens (tertiary/aromatic N) is 3. The fourth-order valence-electron chi connectivity index (χ4n) is 3.45. The van der Waals surface area contributed by atoms with Gasteiger partial charge in [0.1, 0.15) is 17.4 Å². The van der Waals surface area contributed by atoms with E-state index in [4.69, 9.17) is 0 Å². The molecule has 2 N–H and O–H groups in total. The van der Waals surface area contributed by atoms with E-state index in [0.717, 1.165) is 44.4 Å². The van der Waals surface area contributed by atoms with Crippen LogP contribution >= 0.6 is 0 Å². The van der Waals surface area contributed by atoms with E-state index in [1.54, 1.807) is 18.2 Å². The molecule has 6 nitrogen and oxygen atoms in total. The van der Waals surface area contributed by atoms with Crippen LogP contribution in [0.1, 0.15) is 16.7 Å². The molecule has 0 aromatic heterocycles. The van der Waals surface area contributed by atoms with E-state index >= 15 is 0 Å². The molecule has 0 aliphatic carbocycles. The van der Waals surface area contributed by atoms with Crippen molar-refractivity contribution in [1.82, 2.24) is 15.2 Å². The van der Waals surface area contributed by atoms with Gasteiger partial charge in [-0.2, -0.15) is 5.10 Å². The van der Waals surface area contributed by atoms with Gasteiger partial charge in [-0.15, -0.1) is 6.58 Å². The Bertz CT molecular complexity index is 939. The predicted molar refractivity (Wildman–Crippen MR) is 116 cm³/mol. The molecular weight excluding hydrogens is 402 g/mol. The minimum absolute atomic E-state index is 0.0865. The van der Waals surface area contributed by atoms with Gasteiger partial charge in [-0.05, 0) is 36.2 Å². The molecule has 3 rings (SSSR count). The maximum atomic E-state index is 13.7. The second-order valence-corrected chi connectivity index (χ2v) is 7.47. The molecule has 1 amide bonds. The zero-order chi connectivity index (χ0) is 22.2. The van der Waals surface area contributed by atoms with Gasteiger partial charge in [-0.25, -0.2) is 14.2 Å². The van der Waals surface area contributed by atoms with Crippen molar-refractivity contribution in [2.24, 2.45) is 5.10 Å². The molecule has 164 valence electrons. The molecule has 0 unspecified atom stereocenters. The largest absolute Gasteiger partial charge is 0.507 e. The minimum atomic E-state index is -0.499. The number of carbonyl (C=O) groups is 1. The molecule has 1 aliphatic rings. The first-order valence-corrected chi connectivity index (χ1v) is 10.1. The molecular formula is C23H26F2N4O2. The number of halogens is 2. The molecule has 8 heteroatoms. The zero-order valence-corrected chi connectivity index (χ0v) is 17.2. The number of piperazine rings is 1. The molecule has 31 heavy (non-hydrogen) atoms. The molecule has 2 aromatic carbocycles. The van der Waals surface area contributed by atoms with Crippen molar-refractivity contribution in [2.45, 2.75) is 13.0 Å². The molecule has 0 bridgehead atoms. The Morgan fingerprint density at radius 1 is 1.10 bits per heavy atom. The van der Waals surface area contributed by atoms with Crippen molar-refractivity contribution in [3.63, 3.8) is 0 Å². The van der Waals surface area contributed by atoms with E-state index in [1.165, 1.54) is 24.4 Å². The highest BCUT2D eigenvalue weighted by Gasteiger charge is 2.19. The van der Waals surface area contributed by atoms with Gasteiger partial charge in [0.15, 0.2) is 0 Å². The highest BCUT2D eigenvalue weighted by atomic mass is 19.1. The van der Waals surface area contributed by atoms with Gasteiger partial charge < -0.3 is 5.11 Å². The summed E-state index contributed by atoms with van der Waals surface area (Å²) < 4.78 is 26.7. The van der Waals surface area contributed by atoms with Crippen LogP contribution < -0.4 is 5.43 Å². The van der Waals surface area contributed by atoms with Crippen LogP contribution in [0.2, 0.25) is 0 Å². The third-order valence-electron chi connectivity index (χ3n) is 5.09. The first-order valence-electron chi connectivity index (χ1n) is 10.1. The first-order chi connectivity index (χ1) is 14.9. The number of hydrogen-bond acceptors (Lipinski definition) is 5. The van der Waals surface area contributed by atoms with Crippen LogP contribution in [0.5, 0.6) is 5.75 Å². The fourth-order valence-corrected chi connectivity index (χ4v) is 3.45. The van der Waals surface area contributed by atoms with E-state index in [0.29, 0.717) is 12.0 Å². The second-order valence-electron chi connectivity index (χ2n) is 7.47. The number of hydrogen-bond donors (Lipinski definition) is 2. The number of amides is 1. The lowest BCUT2D eigenvalue weighted by atomic mass is 10.1. The Kier molecular flexibility index (Phi) is 7.86. The van der Waals surface area contributed by atoms with E-state index in [1.807, 2.05) is 4.90 Å². The Hall–Kier alpha value is -3.10. The molecule has 0 saturated carbocycles. The SMILES string of the molecule is C=CCc1cc(F)cc(/C=N/NC(=O)CN2CCN(Cc3ccc(F)cc3)CC2)c1O. The van der Waals surface area contributed by atoms with Gasteiger partial charge in [0.25, 0.3) is 5.91 Å². The summed E-state index contributed by atoms with van der Waals surface area (Å²) in [5.74, 6) is -1.12. The Labute approximate surface area is 180 Å². The average molecular weight is 428 g/mol. The summed E-state index contributed by atoms with van der Waals surface area (Å²) in [7, 11) is 0. The maximum absolute atomic E-state index is 13.7. The lowest BCUT2D eigenvalue weighted by Crippen LogP contribution is -2.48. The van der Waals surface area contributed by atoms with Gasteiger partial charge in [0.05, 0.1) is 12.8 Å². The van der Waals surface area contributed by atoms with Crippen molar-refractivity contribution in [3.05, 3.63) is 77.4 Å². The molecule has 1 saturated heterocycles. The second kappa shape index (κ2) is 10.8. The number of phenolic OH excluding ortho intramolecular Hbond substituents is 1. The molecule has 2 aromatic rings. The predicted octanol–water partition coefficient (Wildman–Crippen LogP) is 2.67. The van der Waals surface area contributed by atoms with E-state index < -0.39 is 5.82 Å². The van der Waals surface area contributed by atoms with Crippen LogP contribution in [0, 0.1) is 11.6 Å². The zero-order valence-electron chi connectivity index (χ0n) is 17.2. The molecule has 0 radical (unpaired) electrons. The lowest BCUT2D eigenvalue weighted by molar-refractivity contribution is -0.122. The van der Waals surface area contributed by atoms with Gasteiger partial charge >= 0.3 is 0 Å². The topological polar surface area (TPSA) is 68.2 Å². The van der Waals surface area contributed by atoms with Crippen LogP contribution in [0.4, 0.5) is 8.78 Å². The van der Waals surface area contributed by atoms with Gasteiger partial charge in [0.2, 0.25) is 0 Å². The average Bonchev–Trinajstić information content (AvgIpc) is 2.74. The maximum Gasteiger partial charge on any atom is 0.254 e. The lowest BCUT2D eigenvalue weighted by Gasteiger charge is -2.34. The number of allylic oxidation sites excluding steroid dienone is 1. The fraction of sp³-hybridized carbons (Fsp3) is 0.304. The molecule has 1 fully saturated rings. The van der Waals surface area contributed by atoms with Crippen LogP contribution in [-0.4, -0.2) is 59.8 Å². The number of aromatic hydroxyl groups is 1. The number of phenols is 1. The van der Waals surface area contributed by atoms with E-state index in [2.05, 4.69) is 22.0 Å². The third kappa shape index (κ3) is 6.70. The normalized spacial score (nSPS) is 15.3. The number of rotatable bonds is 8. The number of carbonyl (C=O) groups excluding carboxylic acids is 1. The quantitative estimate of drug-likeness (QED) is 0.385. The molecule has 0 spiro atoms. The molecule has 1 aliphatic heterocycles. The number of nitrogens with one attached hydrogen (secondary N) is 1. The Balaban J connectivity index is 1.44. The van der Waals surface area contributed by atoms with Crippen molar-refractivity contribution in [1.29, 1.82) is 0 Å². The van der Waals surface area contributed by atoms with E-state index in [9.17, 15) is 18.7 Å². The summed E-state index contributed by atoms with van der Waals surface area (Å²) in [4.78, 5) is 16.4. The van der Waals surface area contributed by atoms with Crippen LogP contribution in [0.25, 0.3) is 0 Å². The highest BCUT2D eigenvalue weighted by Crippen LogP contribution is 2.23. The number of hydrazone groups is 1. The summed E-state index contributed by atoms with van der Waals surface area (Å²) in [6, 6.07) is 8.87. The van der Waals surface area contributed by atoms with Gasteiger partial charge in [-0.1, -0.05) is 18.2 Å². The third-order valence-corrected chi connectivity index (χ3v) is 5.09. The highest BCUT2D eigenvalue weighted by molar-refractivity contribution is 5.86. The Morgan fingerprint density at radius 2 is 1.77 bits per heavy atom. The van der Waals surface area contributed by atoms with Gasteiger partial charge in [-0.3, -0.25) is 14.6 Å². The summed E-state index contributed by atoms with van der Waals surface area (Å²) in [5.41, 5.74) is 4.06. The van der Waals surface area contributed by atoms with Crippen molar-refractivity contribution < 1.29 is 18.7 Å². The van der Waals surface area contributed by atoms with Crippen molar-refractivity contribution in [2.75, 3.05) is 32.7 Å². The first kappa shape index (κ1) is 22.6. The van der Waals surface area contributed by atoms with Crippen molar-refractivity contribution in [3.8, 4) is 5.75 Å². The minimum Gasteiger partial charge on any atom is -0.507 e. The van der Waals surface area contributed by atoms with Crippen molar-refractivity contribution >= 4 is 12.1 Å². The molecule has 0 atom stereocenters. The monoisotopic (exact) mass is 428 g/mol. The van der Waals surface area contributed by atoms with E-state index in [-0.39, 0.29) is 29.6 Å².